The molecule has 2 N–H and O–H groups in total. The highest BCUT2D eigenvalue weighted by Crippen LogP contribution is 2.16. The Balaban J connectivity index is 2.08. The first-order valence-corrected chi connectivity index (χ1v) is 4.76. The van der Waals surface area contributed by atoms with Crippen molar-refractivity contribution in [1.29, 1.82) is 5.26 Å². The van der Waals surface area contributed by atoms with Gasteiger partial charge in [0.2, 0.25) is 0 Å². The van der Waals surface area contributed by atoms with Gasteiger partial charge in [-0.3, -0.25) is 0 Å². The third kappa shape index (κ3) is 2.15. The smallest absolute Gasteiger partial charge is 0.193 e. The zero-order chi connectivity index (χ0) is 11.4. The molecule has 0 aliphatic rings. The van der Waals surface area contributed by atoms with Crippen molar-refractivity contribution in [2.45, 2.75) is 13.5 Å². The molecule has 2 aromatic rings. The zero-order valence-corrected chi connectivity index (χ0v) is 8.73. The standard InChI is InChI=1S/C10H10N6/c1-7-4-8(5-11)2-3-9(7)12-6-10-13-15-16-14-10/h2-4,12H,6H2,1H3,(H,13,14,15,16). The molecule has 0 amide bonds. The molecule has 0 fully saturated rings. The number of hydrogen-bond donors (Lipinski definition) is 2. The molecule has 0 atom stereocenters. The van der Waals surface area contributed by atoms with E-state index >= 15 is 0 Å². The first-order chi connectivity index (χ1) is 7.79. The molecule has 1 heterocycles. The quantitative estimate of drug-likeness (QED) is 0.795. The molecule has 0 aliphatic heterocycles. The van der Waals surface area contributed by atoms with Crippen molar-refractivity contribution in [3.63, 3.8) is 0 Å². The highest BCUT2D eigenvalue weighted by Gasteiger charge is 2.01. The van der Waals surface area contributed by atoms with E-state index in [4.69, 9.17) is 5.26 Å². The Morgan fingerprint density at radius 1 is 1.50 bits per heavy atom. The lowest BCUT2D eigenvalue weighted by atomic mass is 10.1. The minimum absolute atomic E-state index is 0.503. The molecule has 6 nitrogen and oxygen atoms in total. The van der Waals surface area contributed by atoms with Gasteiger partial charge in [0.05, 0.1) is 18.2 Å². The number of hydrogen-bond acceptors (Lipinski definition) is 5. The number of anilines is 1. The summed E-state index contributed by atoms with van der Waals surface area (Å²) in [6.45, 7) is 2.45. The van der Waals surface area contributed by atoms with Gasteiger partial charge in [-0.05, 0) is 30.7 Å². The molecule has 0 saturated heterocycles. The lowest BCUT2D eigenvalue weighted by Crippen LogP contribution is -2.02. The molecule has 1 aromatic heterocycles. The van der Waals surface area contributed by atoms with Crippen molar-refractivity contribution < 1.29 is 0 Å². The van der Waals surface area contributed by atoms with E-state index < -0.39 is 0 Å². The first-order valence-electron chi connectivity index (χ1n) is 4.76. The molecule has 16 heavy (non-hydrogen) atoms. The van der Waals surface area contributed by atoms with Gasteiger partial charge < -0.3 is 5.32 Å². The van der Waals surface area contributed by atoms with Crippen molar-refractivity contribution in [1.82, 2.24) is 20.6 Å². The summed E-state index contributed by atoms with van der Waals surface area (Å²) in [4.78, 5) is 0. The second-order valence-electron chi connectivity index (χ2n) is 3.32. The number of aromatic nitrogens is 4. The van der Waals surface area contributed by atoms with Gasteiger partial charge in [-0.15, -0.1) is 10.2 Å². The minimum Gasteiger partial charge on any atom is -0.377 e. The molecule has 0 aliphatic carbocycles. The van der Waals surface area contributed by atoms with Crippen LogP contribution in [0.4, 0.5) is 5.69 Å². The maximum atomic E-state index is 8.73. The predicted octanol–water partition coefficient (Wildman–Crippen LogP) is 0.992. The molecule has 0 spiro atoms. The van der Waals surface area contributed by atoms with E-state index in [-0.39, 0.29) is 0 Å². The van der Waals surface area contributed by atoms with Gasteiger partial charge in [-0.1, -0.05) is 5.21 Å². The number of tetrazole rings is 1. The predicted molar refractivity (Wildman–Crippen MR) is 57.4 cm³/mol. The van der Waals surface area contributed by atoms with Crippen LogP contribution in [0.5, 0.6) is 0 Å². The van der Waals surface area contributed by atoms with Crippen LogP contribution in [-0.4, -0.2) is 20.6 Å². The van der Waals surface area contributed by atoms with E-state index in [1.807, 2.05) is 19.1 Å². The number of benzene rings is 1. The lowest BCUT2D eigenvalue weighted by molar-refractivity contribution is 0.881. The number of nitrogens with zero attached hydrogens (tertiary/aromatic N) is 4. The zero-order valence-electron chi connectivity index (χ0n) is 8.73. The monoisotopic (exact) mass is 214 g/mol. The summed E-state index contributed by atoms with van der Waals surface area (Å²) in [7, 11) is 0. The van der Waals surface area contributed by atoms with Crippen molar-refractivity contribution in [3.05, 3.63) is 35.2 Å². The Kier molecular flexibility index (Phi) is 2.78. The summed E-state index contributed by atoms with van der Waals surface area (Å²) in [6.07, 6.45) is 0. The van der Waals surface area contributed by atoms with Crippen LogP contribution in [0.2, 0.25) is 0 Å². The summed E-state index contributed by atoms with van der Waals surface area (Å²) in [5.74, 6) is 0.601. The minimum atomic E-state index is 0.503. The Bertz CT molecular complexity index is 511. The van der Waals surface area contributed by atoms with Crippen LogP contribution >= 0.6 is 0 Å². The van der Waals surface area contributed by atoms with Crippen molar-refractivity contribution >= 4 is 5.69 Å². The van der Waals surface area contributed by atoms with Crippen LogP contribution < -0.4 is 5.32 Å². The number of rotatable bonds is 3. The van der Waals surface area contributed by atoms with Crippen LogP contribution in [0.1, 0.15) is 17.0 Å². The molecule has 2 rings (SSSR count). The normalized spacial score (nSPS) is 9.75. The van der Waals surface area contributed by atoms with Crippen LogP contribution in [0.3, 0.4) is 0 Å². The highest BCUT2D eigenvalue weighted by atomic mass is 15.5. The fraction of sp³-hybridized carbons (Fsp3) is 0.200. The molecule has 0 unspecified atom stereocenters. The Hall–Kier alpha value is -2.42. The molecule has 0 bridgehead atoms. The van der Waals surface area contributed by atoms with E-state index in [0.717, 1.165) is 11.3 Å². The van der Waals surface area contributed by atoms with Crippen LogP contribution in [0.15, 0.2) is 18.2 Å². The van der Waals surface area contributed by atoms with Gasteiger partial charge in [-0.25, -0.2) is 0 Å². The van der Waals surface area contributed by atoms with E-state index in [1.54, 1.807) is 6.07 Å². The summed E-state index contributed by atoms with van der Waals surface area (Å²) in [6, 6.07) is 7.57. The van der Waals surface area contributed by atoms with E-state index in [0.29, 0.717) is 17.9 Å². The average molecular weight is 214 g/mol. The number of H-pyrrole nitrogens is 1. The molecular formula is C10H10N6. The van der Waals surface area contributed by atoms with E-state index in [1.165, 1.54) is 0 Å². The molecule has 0 saturated carbocycles. The van der Waals surface area contributed by atoms with Gasteiger partial charge >= 0.3 is 0 Å². The summed E-state index contributed by atoms with van der Waals surface area (Å²) in [5.41, 5.74) is 2.63. The molecule has 6 heteroatoms. The van der Waals surface area contributed by atoms with E-state index in [9.17, 15) is 0 Å². The van der Waals surface area contributed by atoms with Crippen molar-refractivity contribution in [2.24, 2.45) is 0 Å². The SMILES string of the molecule is Cc1cc(C#N)ccc1NCc1nn[nH]n1. The number of aryl methyl sites for hydroxylation is 1. The van der Waals surface area contributed by atoms with Gasteiger partial charge in [0.25, 0.3) is 0 Å². The first kappa shape index (κ1) is 10.1. The number of nitrogens with one attached hydrogen (secondary N) is 2. The molecule has 80 valence electrons. The molecule has 1 aromatic carbocycles. The fourth-order valence-corrected chi connectivity index (χ4v) is 1.36. The second kappa shape index (κ2) is 4.40. The largest absolute Gasteiger partial charge is 0.377 e. The Labute approximate surface area is 92.3 Å². The van der Waals surface area contributed by atoms with Gasteiger partial charge in [0.15, 0.2) is 5.82 Å². The summed E-state index contributed by atoms with van der Waals surface area (Å²) >= 11 is 0. The van der Waals surface area contributed by atoms with Crippen molar-refractivity contribution in [2.75, 3.05) is 5.32 Å². The van der Waals surface area contributed by atoms with Gasteiger partial charge in [0, 0.05) is 5.69 Å². The molecular weight excluding hydrogens is 204 g/mol. The Morgan fingerprint density at radius 2 is 2.38 bits per heavy atom. The van der Waals surface area contributed by atoms with E-state index in [2.05, 4.69) is 32.0 Å². The maximum Gasteiger partial charge on any atom is 0.193 e. The summed E-state index contributed by atoms with van der Waals surface area (Å²) < 4.78 is 0. The van der Waals surface area contributed by atoms with Crippen LogP contribution in [0.25, 0.3) is 0 Å². The highest BCUT2D eigenvalue weighted by molar-refractivity contribution is 5.53. The van der Waals surface area contributed by atoms with Crippen LogP contribution in [-0.2, 0) is 6.54 Å². The third-order valence-electron chi connectivity index (χ3n) is 2.18. The molecule has 0 radical (unpaired) electrons. The number of nitriles is 1. The van der Waals surface area contributed by atoms with Gasteiger partial charge in [0.1, 0.15) is 0 Å². The lowest BCUT2D eigenvalue weighted by Gasteiger charge is -2.07. The van der Waals surface area contributed by atoms with Gasteiger partial charge in [-0.2, -0.15) is 10.5 Å². The second-order valence-corrected chi connectivity index (χ2v) is 3.32. The number of aromatic amines is 1. The Morgan fingerprint density at radius 3 is 3.00 bits per heavy atom. The fourth-order valence-electron chi connectivity index (χ4n) is 1.36. The summed E-state index contributed by atoms with van der Waals surface area (Å²) in [5, 5.41) is 25.4. The average Bonchev–Trinajstić information content (AvgIpc) is 2.80. The van der Waals surface area contributed by atoms with Crippen molar-refractivity contribution in [3.8, 4) is 6.07 Å². The third-order valence-corrected chi connectivity index (χ3v) is 2.18. The maximum absolute atomic E-state index is 8.73. The topological polar surface area (TPSA) is 90.3 Å². The van der Waals surface area contributed by atoms with Crippen LogP contribution in [0, 0.1) is 18.3 Å².